The van der Waals surface area contributed by atoms with Crippen LogP contribution < -0.4 is 10.1 Å². The number of carbonyl (C=O) groups is 2. The van der Waals surface area contributed by atoms with Gasteiger partial charge in [0.2, 0.25) is 5.91 Å². The number of ether oxygens (including phenoxy) is 1. The molecule has 4 rings (SSSR count). The zero-order valence-electron chi connectivity index (χ0n) is 18.4. The van der Waals surface area contributed by atoms with E-state index in [2.05, 4.69) is 5.32 Å². The van der Waals surface area contributed by atoms with E-state index in [0.29, 0.717) is 31.0 Å². The van der Waals surface area contributed by atoms with Crippen molar-refractivity contribution in [1.82, 2.24) is 10.2 Å². The van der Waals surface area contributed by atoms with Gasteiger partial charge >= 0.3 is 0 Å². The predicted octanol–water partition coefficient (Wildman–Crippen LogP) is 4.25. The summed E-state index contributed by atoms with van der Waals surface area (Å²) in [7, 11) is 0. The van der Waals surface area contributed by atoms with Gasteiger partial charge in [0, 0.05) is 13.5 Å². The molecule has 1 aliphatic heterocycles. The first-order valence-electron chi connectivity index (χ1n) is 11.0. The van der Waals surface area contributed by atoms with Gasteiger partial charge in [-0.25, -0.2) is 0 Å². The topological polar surface area (TPSA) is 71.8 Å². The molecule has 1 N–H and O–H groups in total. The number of benzene rings is 2. The molecule has 1 aromatic heterocycles. The maximum atomic E-state index is 12.7. The van der Waals surface area contributed by atoms with E-state index in [1.54, 1.807) is 19.3 Å². The van der Waals surface area contributed by atoms with Gasteiger partial charge in [-0.15, -0.1) is 0 Å². The Bertz CT molecular complexity index is 1060. The van der Waals surface area contributed by atoms with Gasteiger partial charge in [-0.2, -0.15) is 0 Å². The van der Waals surface area contributed by atoms with Crippen LogP contribution in [0.1, 0.15) is 48.8 Å². The highest BCUT2D eigenvalue weighted by Crippen LogP contribution is 2.37. The molecule has 0 radical (unpaired) electrons. The van der Waals surface area contributed by atoms with Crippen LogP contribution in [0.3, 0.4) is 0 Å². The van der Waals surface area contributed by atoms with Gasteiger partial charge in [-0.05, 0) is 53.8 Å². The summed E-state index contributed by atoms with van der Waals surface area (Å²) in [6.45, 7) is 4.52. The highest BCUT2D eigenvalue weighted by molar-refractivity contribution is 5.81. The fourth-order valence-corrected chi connectivity index (χ4v) is 4.19. The maximum absolute atomic E-state index is 12.7. The minimum absolute atomic E-state index is 0.0413. The molecule has 0 fully saturated rings. The summed E-state index contributed by atoms with van der Waals surface area (Å²) in [6.07, 6.45) is 2.28. The van der Waals surface area contributed by atoms with Gasteiger partial charge in [0.05, 0.1) is 18.8 Å². The van der Waals surface area contributed by atoms with Crippen molar-refractivity contribution in [3.05, 3.63) is 89.4 Å². The Kier molecular flexibility index (Phi) is 6.59. The number of hydrogen-bond donors (Lipinski definition) is 1. The summed E-state index contributed by atoms with van der Waals surface area (Å²) < 4.78 is 11.4. The van der Waals surface area contributed by atoms with Crippen molar-refractivity contribution in [1.29, 1.82) is 0 Å². The van der Waals surface area contributed by atoms with E-state index in [1.165, 1.54) is 5.56 Å². The standard InChI is InChI=1S/C26H28N2O4/c1-3-24(26(30)27-17-22-10-7-15-31-22)32-21-12-11-19-13-14-28(18(2)29)25(23(19)16-21)20-8-5-4-6-9-20/h4-12,15-16,24-25H,3,13-14,17H2,1-2H3,(H,27,30). The van der Waals surface area contributed by atoms with E-state index in [4.69, 9.17) is 9.15 Å². The zero-order valence-corrected chi connectivity index (χ0v) is 18.4. The molecule has 1 aliphatic rings. The molecule has 6 nitrogen and oxygen atoms in total. The summed E-state index contributed by atoms with van der Waals surface area (Å²) in [6, 6.07) is 19.4. The van der Waals surface area contributed by atoms with Crippen molar-refractivity contribution in [2.24, 2.45) is 0 Å². The second kappa shape index (κ2) is 9.73. The first-order chi connectivity index (χ1) is 15.6. The van der Waals surface area contributed by atoms with Crippen LogP contribution in [0.2, 0.25) is 0 Å². The maximum Gasteiger partial charge on any atom is 0.261 e. The van der Waals surface area contributed by atoms with Crippen molar-refractivity contribution in [2.45, 2.75) is 45.4 Å². The van der Waals surface area contributed by atoms with Crippen molar-refractivity contribution in [3.8, 4) is 5.75 Å². The first-order valence-corrected chi connectivity index (χ1v) is 11.0. The monoisotopic (exact) mass is 432 g/mol. The van der Waals surface area contributed by atoms with Crippen LogP contribution in [0.4, 0.5) is 0 Å². The normalized spacial score (nSPS) is 16.2. The summed E-state index contributed by atoms with van der Waals surface area (Å²) >= 11 is 0. The van der Waals surface area contributed by atoms with Crippen LogP contribution in [0.25, 0.3) is 0 Å². The fraction of sp³-hybridized carbons (Fsp3) is 0.308. The van der Waals surface area contributed by atoms with Crippen LogP contribution in [0.15, 0.2) is 71.3 Å². The average Bonchev–Trinajstić information content (AvgIpc) is 3.34. The minimum atomic E-state index is -0.620. The molecule has 3 aromatic rings. The van der Waals surface area contributed by atoms with Crippen LogP contribution in [-0.2, 0) is 22.6 Å². The number of nitrogens with zero attached hydrogens (tertiary/aromatic N) is 1. The SMILES string of the molecule is CCC(Oc1ccc2c(c1)C(c1ccccc1)N(C(C)=O)CC2)C(=O)NCc1ccco1. The molecule has 0 aliphatic carbocycles. The summed E-state index contributed by atoms with van der Waals surface area (Å²) in [5, 5.41) is 2.86. The number of furan rings is 1. The van der Waals surface area contributed by atoms with Crippen molar-refractivity contribution < 1.29 is 18.7 Å². The molecular weight excluding hydrogens is 404 g/mol. The smallest absolute Gasteiger partial charge is 0.261 e. The van der Waals surface area contributed by atoms with Gasteiger partial charge < -0.3 is 19.4 Å². The summed E-state index contributed by atoms with van der Waals surface area (Å²) in [4.78, 5) is 27.0. The Labute approximate surface area is 188 Å². The molecule has 166 valence electrons. The molecule has 32 heavy (non-hydrogen) atoms. The summed E-state index contributed by atoms with van der Waals surface area (Å²) in [5.41, 5.74) is 3.30. The lowest BCUT2D eigenvalue weighted by Gasteiger charge is -2.37. The molecular formula is C26H28N2O4. The van der Waals surface area contributed by atoms with E-state index in [1.807, 2.05) is 66.4 Å². The first kappa shape index (κ1) is 21.7. The molecule has 2 atom stereocenters. The van der Waals surface area contributed by atoms with E-state index in [9.17, 15) is 9.59 Å². The third kappa shape index (κ3) is 4.69. The van der Waals surface area contributed by atoms with Crippen LogP contribution >= 0.6 is 0 Å². The molecule has 0 spiro atoms. The average molecular weight is 433 g/mol. The molecule has 2 unspecified atom stereocenters. The van der Waals surface area contributed by atoms with Gasteiger partial charge in [0.1, 0.15) is 11.5 Å². The number of fused-ring (bicyclic) bond motifs is 1. The molecule has 0 saturated heterocycles. The second-order valence-electron chi connectivity index (χ2n) is 7.95. The van der Waals surface area contributed by atoms with Crippen LogP contribution in [0, 0.1) is 0 Å². The lowest BCUT2D eigenvalue weighted by atomic mass is 9.88. The molecule has 2 aromatic carbocycles. The third-order valence-electron chi connectivity index (χ3n) is 5.82. The van der Waals surface area contributed by atoms with E-state index in [-0.39, 0.29) is 17.9 Å². The van der Waals surface area contributed by atoms with Gasteiger partial charge in [0.25, 0.3) is 5.91 Å². The van der Waals surface area contributed by atoms with Crippen LogP contribution in [0.5, 0.6) is 5.75 Å². The van der Waals surface area contributed by atoms with Gasteiger partial charge in [0.15, 0.2) is 6.10 Å². The number of hydrogen-bond acceptors (Lipinski definition) is 4. The predicted molar refractivity (Wildman–Crippen MR) is 121 cm³/mol. The van der Waals surface area contributed by atoms with E-state index < -0.39 is 6.10 Å². The van der Waals surface area contributed by atoms with Crippen molar-refractivity contribution >= 4 is 11.8 Å². The minimum Gasteiger partial charge on any atom is -0.481 e. The number of nitrogens with one attached hydrogen (secondary N) is 1. The highest BCUT2D eigenvalue weighted by atomic mass is 16.5. The van der Waals surface area contributed by atoms with E-state index in [0.717, 1.165) is 17.5 Å². The molecule has 2 amide bonds. The largest absolute Gasteiger partial charge is 0.481 e. The Morgan fingerprint density at radius 3 is 2.66 bits per heavy atom. The Balaban J connectivity index is 1.57. The summed E-state index contributed by atoms with van der Waals surface area (Å²) in [5.74, 6) is 1.17. The second-order valence-corrected chi connectivity index (χ2v) is 7.95. The Hall–Kier alpha value is -3.54. The van der Waals surface area contributed by atoms with Crippen LogP contribution in [-0.4, -0.2) is 29.4 Å². The number of rotatable bonds is 7. The van der Waals surface area contributed by atoms with Crippen molar-refractivity contribution in [3.63, 3.8) is 0 Å². The molecule has 6 heteroatoms. The number of carbonyl (C=O) groups excluding carboxylic acids is 2. The fourth-order valence-electron chi connectivity index (χ4n) is 4.19. The third-order valence-corrected chi connectivity index (χ3v) is 5.82. The lowest BCUT2D eigenvalue weighted by molar-refractivity contribution is -0.131. The van der Waals surface area contributed by atoms with E-state index >= 15 is 0 Å². The number of amides is 2. The molecule has 2 heterocycles. The van der Waals surface area contributed by atoms with Crippen molar-refractivity contribution in [2.75, 3.05) is 6.54 Å². The quantitative estimate of drug-likeness (QED) is 0.606. The Morgan fingerprint density at radius 1 is 1.16 bits per heavy atom. The van der Waals surface area contributed by atoms with Gasteiger partial charge in [-0.3, -0.25) is 9.59 Å². The Morgan fingerprint density at radius 2 is 1.97 bits per heavy atom. The molecule has 0 saturated carbocycles. The lowest BCUT2D eigenvalue weighted by Crippen LogP contribution is -2.39. The zero-order chi connectivity index (χ0) is 22.5. The highest BCUT2D eigenvalue weighted by Gasteiger charge is 2.31. The molecule has 0 bridgehead atoms. The van der Waals surface area contributed by atoms with Gasteiger partial charge in [-0.1, -0.05) is 43.3 Å².